The van der Waals surface area contributed by atoms with Crippen LogP contribution in [0.25, 0.3) is 0 Å². The Labute approximate surface area is 142 Å². The summed E-state index contributed by atoms with van der Waals surface area (Å²) in [6.45, 7) is 2.33. The number of likely N-dealkylation sites (tertiary alicyclic amines) is 1. The molecule has 1 aliphatic heterocycles. The fourth-order valence-electron chi connectivity index (χ4n) is 2.76. The van der Waals surface area contributed by atoms with E-state index < -0.39 is 10.0 Å². The average molecular weight is 357 g/mol. The first-order valence-corrected chi connectivity index (χ1v) is 9.78. The van der Waals surface area contributed by atoms with Gasteiger partial charge in [0, 0.05) is 19.3 Å². The van der Waals surface area contributed by atoms with Crippen molar-refractivity contribution in [2.75, 3.05) is 44.8 Å². The topological polar surface area (TPSA) is 69.7 Å². The highest BCUT2D eigenvalue weighted by atomic mass is 32.2. The Bertz CT molecular complexity index is 656. The molecule has 0 saturated carbocycles. The first-order chi connectivity index (χ1) is 11.2. The monoisotopic (exact) mass is 357 g/mol. The predicted molar refractivity (Wildman–Crippen MR) is 91.7 cm³/mol. The molecule has 1 aliphatic rings. The number of halogens is 1. The van der Waals surface area contributed by atoms with Crippen molar-refractivity contribution in [1.29, 1.82) is 0 Å². The number of nitrogens with one attached hydrogen (secondary N) is 1. The van der Waals surface area contributed by atoms with E-state index in [1.165, 1.54) is 34.8 Å². The van der Waals surface area contributed by atoms with E-state index in [1.807, 2.05) is 0 Å². The minimum atomic E-state index is -3.14. The lowest BCUT2D eigenvalue weighted by Crippen LogP contribution is -2.42. The summed E-state index contributed by atoms with van der Waals surface area (Å²) < 4.78 is 37.1. The Balaban J connectivity index is 1.74. The highest BCUT2D eigenvalue weighted by Gasteiger charge is 2.24. The molecule has 1 saturated heterocycles. The Morgan fingerprint density at radius 3 is 2.42 bits per heavy atom. The summed E-state index contributed by atoms with van der Waals surface area (Å²) in [7, 11) is -1.55. The van der Waals surface area contributed by atoms with Crippen LogP contribution in [0.15, 0.2) is 24.3 Å². The first-order valence-electron chi connectivity index (χ1n) is 7.93. The lowest BCUT2D eigenvalue weighted by molar-refractivity contribution is -0.117. The van der Waals surface area contributed by atoms with Crippen LogP contribution in [0.2, 0.25) is 0 Å². The Hall–Kier alpha value is -1.51. The van der Waals surface area contributed by atoms with E-state index in [0.29, 0.717) is 18.2 Å². The Kier molecular flexibility index (Phi) is 6.31. The number of hydrogen-bond acceptors (Lipinski definition) is 4. The summed E-state index contributed by atoms with van der Waals surface area (Å²) in [5.41, 5.74) is 0.575. The van der Waals surface area contributed by atoms with E-state index in [9.17, 15) is 17.6 Å². The van der Waals surface area contributed by atoms with Gasteiger partial charge in [-0.25, -0.2) is 17.1 Å². The molecular formula is C16H24FN3O3S. The smallest absolute Gasteiger partial charge is 0.238 e. The fraction of sp³-hybridized carbons (Fsp3) is 0.562. The number of sulfonamides is 1. The molecule has 0 aromatic heterocycles. The molecule has 1 N–H and O–H groups in total. The van der Waals surface area contributed by atoms with Crippen LogP contribution < -0.4 is 5.32 Å². The lowest BCUT2D eigenvalue weighted by atomic mass is 9.97. The number of hydrogen-bond donors (Lipinski definition) is 1. The number of carbonyl (C=O) groups is 1. The molecule has 1 amide bonds. The Morgan fingerprint density at radius 1 is 1.29 bits per heavy atom. The molecule has 8 heteroatoms. The zero-order valence-electron chi connectivity index (χ0n) is 14.0. The molecule has 0 unspecified atom stereocenters. The van der Waals surface area contributed by atoms with Gasteiger partial charge in [-0.3, -0.25) is 9.69 Å². The molecule has 1 heterocycles. The first kappa shape index (κ1) is 18.8. The third kappa shape index (κ3) is 5.85. The molecule has 134 valence electrons. The standard InChI is InChI=1S/C16H24FN3O3S/c1-19(24(2,22)23)11-13-7-9-20(10-8-13)12-16(21)18-15-5-3-14(17)4-6-15/h3-6,13H,7-12H2,1-2H3,(H,18,21). The van der Waals surface area contributed by atoms with E-state index in [-0.39, 0.29) is 18.3 Å². The zero-order valence-corrected chi connectivity index (χ0v) is 14.9. The number of benzene rings is 1. The van der Waals surface area contributed by atoms with Crippen molar-refractivity contribution in [2.45, 2.75) is 12.8 Å². The van der Waals surface area contributed by atoms with E-state index >= 15 is 0 Å². The van der Waals surface area contributed by atoms with Gasteiger partial charge in [0.15, 0.2) is 0 Å². The fourth-order valence-corrected chi connectivity index (χ4v) is 3.24. The van der Waals surface area contributed by atoms with Gasteiger partial charge in [0.25, 0.3) is 0 Å². The largest absolute Gasteiger partial charge is 0.325 e. The van der Waals surface area contributed by atoms with Crippen LogP contribution in [0.1, 0.15) is 12.8 Å². The molecule has 1 aromatic carbocycles. The van der Waals surface area contributed by atoms with Crippen molar-refractivity contribution in [3.05, 3.63) is 30.1 Å². The molecule has 1 aromatic rings. The SMILES string of the molecule is CN(CC1CCN(CC(=O)Nc2ccc(F)cc2)CC1)S(C)(=O)=O. The van der Waals surface area contributed by atoms with Gasteiger partial charge in [0.05, 0.1) is 12.8 Å². The maximum Gasteiger partial charge on any atom is 0.238 e. The molecule has 0 radical (unpaired) electrons. The highest BCUT2D eigenvalue weighted by Crippen LogP contribution is 2.19. The number of piperidine rings is 1. The molecule has 0 atom stereocenters. The van der Waals surface area contributed by atoms with Crippen molar-refractivity contribution in [2.24, 2.45) is 5.92 Å². The van der Waals surface area contributed by atoms with Crippen LogP contribution >= 0.6 is 0 Å². The maximum absolute atomic E-state index is 12.8. The molecule has 6 nitrogen and oxygen atoms in total. The van der Waals surface area contributed by atoms with Crippen LogP contribution in [0, 0.1) is 11.7 Å². The molecule has 0 bridgehead atoms. The lowest BCUT2D eigenvalue weighted by Gasteiger charge is -2.32. The summed E-state index contributed by atoms with van der Waals surface area (Å²) in [5.74, 6) is -0.149. The third-order valence-electron chi connectivity index (χ3n) is 4.28. The predicted octanol–water partition coefficient (Wildman–Crippen LogP) is 1.37. The zero-order chi connectivity index (χ0) is 17.7. The van der Waals surface area contributed by atoms with Crippen molar-refractivity contribution < 1.29 is 17.6 Å². The van der Waals surface area contributed by atoms with Crippen LogP contribution in [0.4, 0.5) is 10.1 Å². The van der Waals surface area contributed by atoms with Gasteiger partial charge >= 0.3 is 0 Å². The van der Waals surface area contributed by atoms with E-state index in [1.54, 1.807) is 7.05 Å². The minimum Gasteiger partial charge on any atom is -0.325 e. The summed E-state index contributed by atoms with van der Waals surface area (Å²) in [5, 5.41) is 2.74. The highest BCUT2D eigenvalue weighted by molar-refractivity contribution is 7.88. The quantitative estimate of drug-likeness (QED) is 0.835. The number of carbonyl (C=O) groups excluding carboxylic acids is 1. The second-order valence-corrected chi connectivity index (χ2v) is 8.41. The molecule has 1 fully saturated rings. The molecule has 0 aliphatic carbocycles. The van der Waals surface area contributed by atoms with Gasteiger partial charge in [-0.15, -0.1) is 0 Å². The number of nitrogens with zero attached hydrogens (tertiary/aromatic N) is 2. The number of amides is 1. The van der Waals surface area contributed by atoms with Crippen molar-refractivity contribution >= 4 is 21.6 Å². The normalized spacial score (nSPS) is 17.2. The second kappa shape index (κ2) is 8.04. The van der Waals surface area contributed by atoms with Gasteiger partial charge in [-0.1, -0.05) is 0 Å². The van der Waals surface area contributed by atoms with Crippen molar-refractivity contribution in [3.63, 3.8) is 0 Å². The average Bonchev–Trinajstić information content (AvgIpc) is 2.50. The minimum absolute atomic E-state index is 0.131. The molecule has 2 rings (SSSR count). The van der Waals surface area contributed by atoms with Gasteiger partial charge < -0.3 is 5.32 Å². The van der Waals surface area contributed by atoms with E-state index in [2.05, 4.69) is 10.2 Å². The third-order valence-corrected chi connectivity index (χ3v) is 5.57. The molecular weight excluding hydrogens is 333 g/mol. The number of anilines is 1. The molecule has 24 heavy (non-hydrogen) atoms. The van der Waals surface area contributed by atoms with Crippen molar-refractivity contribution in [1.82, 2.24) is 9.21 Å². The van der Waals surface area contributed by atoms with Crippen LogP contribution in [0.3, 0.4) is 0 Å². The van der Waals surface area contributed by atoms with Gasteiger partial charge in [0.1, 0.15) is 5.82 Å². The second-order valence-electron chi connectivity index (χ2n) is 6.32. The summed E-state index contributed by atoms with van der Waals surface area (Å²) in [6.07, 6.45) is 2.94. The van der Waals surface area contributed by atoms with E-state index in [0.717, 1.165) is 25.9 Å². The van der Waals surface area contributed by atoms with Crippen LogP contribution in [-0.2, 0) is 14.8 Å². The van der Waals surface area contributed by atoms with Crippen LogP contribution in [-0.4, -0.2) is 63.0 Å². The Morgan fingerprint density at radius 2 is 1.88 bits per heavy atom. The summed E-state index contributed by atoms with van der Waals surface area (Å²) >= 11 is 0. The number of rotatable bonds is 6. The molecule has 0 spiro atoms. The van der Waals surface area contributed by atoms with Crippen LogP contribution in [0.5, 0.6) is 0 Å². The summed E-state index contributed by atoms with van der Waals surface area (Å²) in [4.78, 5) is 14.1. The van der Waals surface area contributed by atoms with Gasteiger partial charge in [0.2, 0.25) is 15.9 Å². The summed E-state index contributed by atoms with van der Waals surface area (Å²) in [6, 6.07) is 5.67. The van der Waals surface area contributed by atoms with Crippen molar-refractivity contribution in [3.8, 4) is 0 Å². The van der Waals surface area contributed by atoms with Gasteiger partial charge in [-0.2, -0.15) is 0 Å². The maximum atomic E-state index is 12.8. The van der Waals surface area contributed by atoms with Gasteiger partial charge in [-0.05, 0) is 56.1 Å². The van der Waals surface area contributed by atoms with E-state index in [4.69, 9.17) is 0 Å².